The van der Waals surface area contributed by atoms with Gasteiger partial charge in [-0.05, 0) is 25.5 Å². The van der Waals surface area contributed by atoms with Crippen molar-refractivity contribution in [1.82, 2.24) is 0 Å². The second-order valence-corrected chi connectivity index (χ2v) is 5.62. The summed E-state index contributed by atoms with van der Waals surface area (Å²) in [5.74, 6) is 0. The van der Waals surface area contributed by atoms with Crippen molar-refractivity contribution in [3.05, 3.63) is 29.8 Å². The first-order chi connectivity index (χ1) is 9.33. The van der Waals surface area contributed by atoms with Crippen LogP contribution in [0.15, 0.2) is 24.3 Å². The number of aryl methyl sites for hydroxylation is 1. The number of unbranched alkanes of at least 4 members (excludes halogenated alkanes) is 8. The maximum absolute atomic E-state index is 3.49. The molecule has 0 spiro atoms. The van der Waals surface area contributed by atoms with Crippen molar-refractivity contribution in [2.45, 2.75) is 71.6 Å². The average molecular weight is 261 g/mol. The van der Waals surface area contributed by atoms with Gasteiger partial charge in [0.1, 0.15) is 0 Å². The van der Waals surface area contributed by atoms with Crippen molar-refractivity contribution in [3.63, 3.8) is 0 Å². The summed E-state index contributed by atoms with van der Waals surface area (Å²) >= 11 is 0. The molecule has 0 aromatic heterocycles. The molecule has 108 valence electrons. The summed E-state index contributed by atoms with van der Waals surface area (Å²) in [6.07, 6.45) is 12.6. The van der Waals surface area contributed by atoms with Crippen molar-refractivity contribution < 1.29 is 0 Å². The van der Waals surface area contributed by atoms with Gasteiger partial charge in [-0.25, -0.2) is 0 Å². The molecule has 1 aromatic carbocycles. The first-order valence-corrected chi connectivity index (χ1v) is 8.13. The number of benzene rings is 1. The molecule has 19 heavy (non-hydrogen) atoms. The summed E-state index contributed by atoms with van der Waals surface area (Å²) in [6.45, 7) is 5.52. The summed E-state index contributed by atoms with van der Waals surface area (Å²) < 4.78 is 0. The molecular weight excluding hydrogens is 230 g/mol. The molecule has 1 heteroatoms. The number of nitrogens with one attached hydrogen (secondary N) is 1. The van der Waals surface area contributed by atoms with E-state index >= 15 is 0 Å². The van der Waals surface area contributed by atoms with Crippen LogP contribution in [0.25, 0.3) is 0 Å². The van der Waals surface area contributed by atoms with E-state index in [1.807, 2.05) is 0 Å². The topological polar surface area (TPSA) is 12.0 Å². The highest BCUT2D eigenvalue weighted by Crippen LogP contribution is 2.11. The van der Waals surface area contributed by atoms with Gasteiger partial charge in [-0.1, -0.05) is 76.0 Å². The molecule has 0 heterocycles. The van der Waals surface area contributed by atoms with Crippen molar-refractivity contribution in [2.24, 2.45) is 0 Å². The molecule has 0 aliphatic carbocycles. The minimum absolute atomic E-state index is 1.11. The quantitative estimate of drug-likeness (QED) is 0.486. The molecule has 0 amide bonds. The van der Waals surface area contributed by atoms with E-state index in [0.717, 1.165) is 6.54 Å². The normalized spacial score (nSPS) is 10.6. The Balaban J connectivity index is 1.87. The van der Waals surface area contributed by atoms with Gasteiger partial charge in [-0.2, -0.15) is 0 Å². The average Bonchev–Trinajstić information content (AvgIpc) is 2.43. The SMILES string of the molecule is CCCCCCCCCCCNc1ccc(C)cc1. The first-order valence-electron chi connectivity index (χ1n) is 8.13. The van der Waals surface area contributed by atoms with Crippen LogP contribution in [-0.4, -0.2) is 6.54 Å². The minimum atomic E-state index is 1.11. The van der Waals surface area contributed by atoms with Gasteiger partial charge in [-0.15, -0.1) is 0 Å². The van der Waals surface area contributed by atoms with Crippen molar-refractivity contribution in [1.29, 1.82) is 0 Å². The minimum Gasteiger partial charge on any atom is -0.385 e. The number of rotatable bonds is 11. The summed E-state index contributed by atoms with van der Waals surface area (Å²) in [5, 5.41) is 3.49. The Morgan fingerprint density at radius 1 is 0.737 bits per heavy atom. The van der Waals surface area contributed by atoms with Gasteiger partial charge in [0.2, 0.25) is 0 Å². The third kappa shape index (κ3) is 8.69. The molecule has 0 saturated carbocycles. The fraction of sp³-hybridized carbons (Fsp3) is 0.667. The highest BCUT2D eigenvalue weighted by Gasteiger charge is 1.93. The predicted octanol–water partition coefficient (Wildman–Crippen LogP) is 5.94. The summed E-state index contributed by atoms with van der Waals surface area (Å²) in [6, 6.07) is 8.67. The van der Waals surface area contributed by atoms with Crippen LogP contribution in [0, 0.1) is 6.92 Å². The number of hydrogen-bond acceptors (Lipinski definition) is 1. The molecule has 1 nitrogen and oxygen atoms in total. The Labute approximate surface area is 119 Å². The number of anilines is 1. The standard InChI is InChI=1S/C18H31N/c1-3-4-5-6-7-8-9-10-11-16-19-18-14-12-17(2)13-15-18/h12-15,19H,3-11,16H2,1-2H3. The summed E-state index contributed by atoms with van der Waals surface area (Å²) in [5.41, 5.74) is 2.58. The Morgan fingerprint density at radius 3 is 1.84 bits per heavy atom. The van der Waals surface area contributed by atoms with Gasteiger partial charge >= 0.3 is 0 Å². The van der Waals surface area contributed by atoms with E-state index in [9.17, 15) is 0 Å². The van der Waals surface area contributed by atoms with Crippen LogP contribution < -0.4 is 5.32 Å². The van der Waals surface area contributed by atoms with Crippen LogP contribution in [0.3, 0.4) is 0 Å². The highest BCUT2D eigenvalue weighted by atomic mass is 14.9. The van der Waals surface area contributed by atoms with E-state index in [0.29, 0.717) is 0 Å². The van der Waals surface area contributed by atoms with Crippen LogP contribution in [0.1, 0.15) is 70.3 Å². The molecule has 0 atom stereocenters. The van der Waals surface area contributed by atoms with Crippen molar-refractivity contribution in [2.75, 3.05) is 11.9 Å². The van der Waals surface area contributed by atoms with Crippen LogP contribution in [0.2, 0.25) is 0 Å². The van der Waals surface area contributed by atoms with Gasteiger partial charge < -0.3 is 5.32 Å². The van der Waals surface area contributed by atoms with E-state index in [2.05, 4.69) is 43.4 Å². The molecular formula is C18H31N. The zero-order valence-corrected chi connectivity index (χ0v) is 12.9. The van der Waals surface area contributed by atoms with Crippen LogP contribution >= 0.6 is 0 Å². The van der Waals surface area contributed by atoms with Crippen LogP contribution in [-0.2, 0) is 0 Å². The molecule has 0 saturated heterocycles. The lowest BCUT2D eigenvalue weighted by Gasteiger charge is -2.06. The second-order valence-electron chi connectivity index (χ2n) is 5.62. The molecule has 0 bridgehead atoms. The Bertz CT molecular complexity index is 302. The highest BCUT2D eigenvalue weighted by molar-refractivity contribution is 5.44. The Kier molecular flexibility index (Phi) is 9.22. The first kappa shape index (κ1) is 16.1. The molecule has 0 fully saturated rings. The smallest absolute Gasteiger partial charge is 0.0340 e. The van der Waals surface area contributed by atoms with Gasteiger partial charge in [0.05, 0.1) is 0 Å². The van der Waals surface area contributed by atoms with Gasteiger partial charge in [0.15, 0.2) is 0 Å². The lowest BCUT2D eigenvalue weighted by molar-refractivity contribution is 0.569. The third-order valence-corrected chi connectivity index (χ3v) is 3.66. The Hall–Kier alpha value is -0.980. The van der Waals surface area contributed by atoms with E-state index in [4.69, 9.17) is 0 Å². The van der Waals surface area contributed by atoms with Crippen molar-refractivity contribution in [3.8, 4) is 0 Å². The predicted molar refractivity (Wildman–Crippen MR) is 86.9 cm³/mol. The third-order valence-electron chi connectivity index (χ3n) is 3.66. The van der Waals surface area contributed by atoms with E-state index in [1.54, 1.807) is 0 Å². The summed E-state index contributed by atoms with van der Waals surface area (Å²) in [7, 11) is 0. The largest absolute Gasteiger partial charge is 0.385 e. The molecule has 0 aliphatic heterocycles. The monoisotopic (exact) mass is 261 g/mol. The van der Waals surface area contributed by atoms with E-state index in [-0.39, 0.29) is 0 Å². The van der Waals surface area contributed by atoms with Crippen LogP contribution in [0.5, 0.6) is 0 Å². The van der Waals surface area contributed by atoms with Crippen molar-refractivity contribution >= 4 is 5.69 Å². The maximum Gasteiger partial charge on any atom is 0.0340 e. The second kappa shape index (κ2) is 10.9. The fourth-order valence-electron chi connectivity index (χ4n) is 2.34. The molecule has 1 rings (SSSR count). The molecule has 1 aromatic rings. The van der Waals surface area contributed by atoms with Gasteiger partial charge in [0, 0.05) is 12.2 Å². The number of hydrogen-bond donors (Lipinski definition) is 1. The molecule has 0 unspecified atom stereocenters. The molecule has 1 N–H and O–H groups in total. The lowest BCUT2D eigenvalue weighted by atomic mass is 10.1. The Morgan fingerprint density at radius 2 is 1.26 bits per heavy atom. The lowest BCUT2D eigenvalue weighted by Crippen LogP contribution is -2.01. The van der Waals surface area contributed by atoms with E-state index < -0.39 is 0 Å². The fourth-order valence-corrected chi connectivity index (χ4v) is 2.34. The maximum atomic E-state index is 3.49. The van der Waals surface area contributed by atoms with Gasteiger partial charge in [-0.3, -0.25) is 0 Å². The van der Waals surface area contributed by atoms with Gasteiger partial charge in [0.25, 0.3) is 0 Å². The molecule has 0 aliphatic rings. The zero-order chi connectivity index (χ0) is 13.8. The molecule has 0 radical (unpaired) electrons. The zero-order valence-electron chi connectivity index (χ0n) is 12.9. The van der Waals surface area contributed by atoms with E-state index in [1.165, 1.54) is 69.0 Å². The summed E-state index contributed by atoms with van der Waals surface area (Å²) in [4.78, 5) is 0. The van der Waals surface area contributed by atoms with Crippen LogP contribution in [0.4, 0.5) is 5.69 Å².